The van der Waals surface area contributed by atoms with E-state index in [2.05, 4.69) is 10.1 Å². The molecule has 0 heterocycles. The number of para-hydroxylation sites is 1. The summed E-state index contributed by atoms with van der Waals surface area (Å²) >= 11 is 0. The molecule has 23 heavy (non-hydrogen) atoms. The van der Waals surface area contributed by atoms with Crippen LogP contribution in [0.3, 0.4) is 0 Å². The third-order valence-corrected chi connectivity index (χ3v) is 3.28. The summed E-state index contributed by atoms with van der Waals surface area (Å²) in [5, 5.41) is 14.2. The normalized spacial score (nSPS) is 10.0. The van der Waals surface area contributed by atoms with Gasteiger partial charge in [-0.15, -0.1) is 0 Å². The van der Waals surface area contributed by atoms with Crippen molar-refractivity contribution in [3.8, 4) is 5.75 Å². The molecule has 0 radical (unpaired) electrons. The molecule has 0 unspecified atom stereocenters. The average Bonchev–Trinajstić information content (AvgIpc) is 2.59. The summed E-state index contributed by atoms with van der Waals surface area (Å²) in [7, 11) is 2.79. The molecule has 0 amide bonds. The molecule has 0 aliphatic carbocycles. The van der Waals surface area contributed by atoms with Gasteiger partial charge in [0.05, 0.1) is 24.7 Å². The van der Waals surface area contributed by atoms with Crippen molar-refractivity contribution in [1.82, 2.24) is 0 Å². The Balaban J connectivity index is 2.25. The Morgan fingerprint density at radius 3 is 2.61 bits per heavy atom. The Kier molecular flexibility index (Phi) is 5.14. The molecule has 7 nitrogen and oxygen atoms in total. The zero-order valence-corrected chi connectivity index (χ0v) is 12.7. The third kappa shape index (κ3) is 3.76. The molecule has 120 valence electrons. The smallest absolute Gasteiger partial charge is 0.338 e. The van der Waals surface area contributed by atoms with Crippen molar-refractivity contribution < 1.29 is 19.2 Å². The van der Waals surface area contributed by atoms with Crippen LogP contribution in [0.15, 0.2) is 42.5 Å². The largest absolute Gasteiger partial charge is 0.496 e. The maximum Gasteiger partial charge on any atom is 0.338 e. The molecule has 0 aliphatic rings. The summed E-state index contributed by atoms with van der Waals surface area (Å²) in [4.78, 5) is 22.1. The first-order chi connectivity index (χ1) is 11.1. The number of esters is 1. The van der Waals surface area contributed by atoms with Crippen LogP contribution < -0.4 is 10.1 Å². The molecule has 0 aromatic heterocycles. The van der Waals surface area contributed by atoms with Gasteiger partial charge in [-0.25, -0.2) is 4.79 Å². The van der Waals surface area contributed by atoms with Crippen molar-refractivity contribution in [3.05, 3.63) is 63.7 Å². The molecule has 0 aliphatic heterocycles. The Bertz CT molecular complexity index is 730. The first-order valence-corrected chi connectivity index (χ1v) is 6.79. The summed E-state index contributed by atoms with van der Waals surface area (Å²) in [6.45, 7) is 0.350. The number of methoxy groups -OCH3 is 2. The van der Waals surface area contributed by atoms with E-state index in [1.165, 1.54) is 25.3 Å². The second-order valence-corrected chi connectivity index (χ2v) is 4.65. The van der Waals surface area contributed by atoms with Gasteiger partial charge in [0.25, 0.3) is 5.69 Å². The Morgan fingerprint density at radius 2 is 1.96 bits per heavy atom. The molecule has 2 aromatic rings. The standard InChI is InChI=1S/C16H16N2O5/c1-22-15-6-4-3-5-12(15)10-17-13-8-7-11(16(19)23-2)9-14(13)18(20)21/h3-9,17H,10H2,1-2H3. The lowest BCUT2D eigenvalue weighted by molar-refractivity contribution is -0.384. The number of nitro groups is 1. The van der Waals surface area contributed by atoms with Crippen molar-refractivity contribution in [3.63, 3.8) is 0 Å². The molecule has 0 atom stereocenters. The first kappa shape index (κ1) is 16.3. The fraction of sp³-hybridized carbons (Fsp3) is 0.188. The second-order valence-electron chi connectivity index (χ2n) is 4.65. The lowest BCUT2D eigenvalue weighted by Gasteiger charge is -2.11. The second kappa shape index (κ2) is 7.26. The van der Waals surface area contributed by atoms with Gasteiger partial charge in [-0.2, -0.15) is 0 Å². The number of nitro benzene ring substituents is 1. The molecule has 0 bridgehead atoms. The molecule has 0 saturated carbocycles. The quantitative estimate of drug-likeness (QED) is 0.500. The Morgan fingerprint density at radius 1 is 1.22 bits per heavy atom. The van der Waals surface area contributed by atoms with E-state index < -0.39 is 10.9 Å². The highest BCUT2D eigenvalue weighted by Gasteiger charge is 2.18. The zero-order valence-electron chi connectivity index (χ0n) is 12.7. The lowest BCUT2D eigenvalue weighted by Crippen LogP contribution is -2.06. The van der Waals surface area contributed by atoms with Crippen molar-refractivity contribution in [2.24, 2.45) is 0 Å². The number of hydrogen-bond acceptors (Lipinski definition) is 6. The summed E-state index contributed by atoms with van der Waals surface area (Å²) in [6.07, 6.45) is 0. The van der Waals surface area contributed by atoms with Crippen molar-refractivity contribution >= 4 is 17.3 Å². The van der Waals surface area contributed by atoms with Gasteiger partial charge in [-0.3, -0.25) is 10.1 Å². The van der Waals surface area contributed by atoms with Gasteiger partial charge in [-0.1, -0.05) is 18.2 Å². The van der Waals surface area contributed by atoms with E-state index >= 15 is 0 Å². The average molecular weight is 316 g/mol. The van der Waals surface area contributed by atoms with Crippen molar-refractivity contribution in [2.75, 3.05) is 19.5 Å². The maximum atomic E-state index is 11.5. The van der Waals surface area contributed by atoms with E-state index in [4.69, 9.17) is 4.74 Å². The number of carbonyl (C=O) groups excluding carboxylic acids is 1. The van der Waals surface area contributed by atoms with Gasteiger partial charge < -0.3 is 14.8 Å². The molecule has 1 N–H and O–H groups in total. The molecule has 2 rings (SSSR count). The molecule has 2 aromatic carbocycles. The minimum atomic E-state index is -0.621. The van der Waals surface area contributed by atoms with Gasteiger partial charge in [-0.05, 0) is 18.2 Å². The highest BCUT2D eigenvalue weighted by molar-refractivity contribution is 5.91. The van der Waals surface area contributed by atoms with E-state index in [0.717, 1.165) is 5.56 Å². The molecule has 0 spiro atoms. The topological polar surface area (TPSA) is 90.7 Å². The molecule has 0 saturated heterocycles. The fourth-order valence-corrected chi connectivity index (χ4v) is 2.12. The Labute approximate surface area is 133 Å². The number of nitrogens with zero attached hydrogens (tertiary/aromatic N) is 1. The van der Waals surface area contributed by atoms with Crippen LogP contribution in [-0.4, -0.2) is 25.1 Å². The van der Waals surface area contributed by atoms with Crippen LogP contribution in [0.2, 0.25) is 0 Å². The predicted molar refractivity (Wildman–Crippen MR) is 84.8 cm³/mol. The van der Waals surface area contributed by atoms with Crippen molar-refractivity contribution in [2.45, 2.75) is 6.54 Å². The van der Waals surface area contributed by atoms with Crippen LogP contribution in [-0.2, 0) is 11.3 Å². The number of ether oxygens (including phenoxy) is 2. The van der Waals surface area contributed by atoms with Gasteiger partial charge in [0.15, 0.2) is 0 Å². The molecular weight excluding hydrogens is 300 g/mol. The van der Waals surface area contributed by atoms with E-state index in [0.29, 0.717) is 18.0 Å². The number of anilines is 1. The van der Waals surface area contributed by atoms with Gasteiger partial charge in [0, 0.05) is 18.2 Å². The number of carbonyl (C=O) groups is 1. The zero-order chi connectivity index (χ0) is 16.8. The van der Waals surface area contributed by atoms with E-state index in [-0.39, 0.29) is 11.3 Å². The highest BCUT2D eigenvalue weighted by atomic mass is 16.6. The first-order valence-electron chi connectivity index (χ1n) is 6.79. The number of benzene rings is 2. The van der Waals surface area contributed by atoms with E-state index in [1.54, 1.807) is 7.11 Å². The number of rotatable bonds is 6. The van der Waals surface area contributed by atoms with Crippen LogP contribution in [0.5, 0.6) is 5.75 Å². The SMILES string of the molecule is COC(=O)c1ccc(NCc2ccccc2OC)c([N+](=O)[O-])c1. The highest BCUT2D eigenvalue weighted by Crippen LogP contribution is 2.27. The number of hydrogen-bond donors (Lipinski definition) is 1. The van der Waals surface area contributed by atoms with Crippen LogP contribution in [0.25, 0.3) is 0 Å². The van der Waals surface area contributed by atoms with Crippen LogP contribution >= 0.6 is 0 Å². The summed E-state index contributed by atoms with van der Waals surface area (Å²) in [5.41, 5.74) is 1.11. The van der Waals surface area contributed by atoms with E-state index in [1.807, 2.05) is 24.3 Å². The minimum Gasteiger partial charge on any atom is -0.496 e. The lowest BCUT2D eigenvalue weighted by atomic mass is 10.1. The van der Waals surface area contributed by atoms with Crippen LogP contribution in [0.4, 0.5) is 11.4 Å². The predicted octanol–water partition coefficient (Wildman–Crippen LogP) is 3.00. The van der Waals surface area contributed by atoms with E-state index in [9.17, 15) is 14.9 Å². The monoisotopic (exact) mass is 316 g/mol. The fourth-order valence-electron chi connectivity index (χ4n) is 2.12. The van der Waals surface area contributed by atoms with Gasteiger partial charge in [0.2, 0.25) is 0 Å². The molecule has 7 heteroatoms. The molecular formula is C16H16N2O5. The van der Waals surface area contributed by atoms with Gasteiger partial charge >= 0.3 is 5.97 Å². The third-order valence-electron chi connectivity index (χ3n) is 3.28. The summed E-state index contributed by atoms with van der Waals surface area (Å²) in [5.74, 6) is 0.0678. The van der Waals surface area contributed by atoms with Gasteiger partial charge in [0.1, 0.15) is 11.4 Å². The summed E-state index contributed by atoms with van der Waals surface area (Å²) in [6, 6.07) is 11.5. The molecule has 0 fully saturated rings. The number of nitrogens with one attached hydrogen (secondary N) is 1. The Hall–Kier alpha value is -3.09. The minimum absolute atomic E-state index is 0.127. The van der Waals surface area contributed by atoms with Crippen molar-refractivity contribution in [1.29, 1.82) is 0 Å². The van der Waals surface area contributed by atoms with Crippen LogP contribution in [0.1, 0.15) is 15.9 Å². The maximum absolute atomic E-state index is 11.5. The van der Waals surface area contributed by atoms with Crippen LogP contribution in [0, 0.1) is 10.1 Å². The summed E-state index contributed by atoms with van der Waals surface area (Å²) < 4.78 is 9.81.